The van der Waals surface area contributed by atoms with Crippen molar-refractivity contribution in [2.75, 3.05) is 32.4 Å². The van der Waals surface area contributed by atoms with Crippen LogP contribution in [0.3, 0.4) is 0 Å². The molecule has 0 amide bonds. The van der Waals surface area contributed by atoms with Crippen LogP contribution in [-0.4, -0.2) is 47.7 Å². The number of carbonyl (C=O) groups is 1. The van der Waals surface area contributed by atoms with Crippen LogP contribution in [-0.2, 0) is 17.8 Å². The molecule has 0 radical (unpaired) electrons. The van der Waals surface area contributed by atoms with Gasteiger partial charge in [-0.05, 0) is 63.4 Å². The Labute approximate surface area is 254 Å². The number of nitrogens with one attached hydrogen (secondary N) is 1. The van der Waals surface area contributed by atoms with Gasteiger partial charge in [-0.15, -0.1) is 0 Å². The third kappa shape index (κ3) is 7.35. The van der Waals surface area contributed by atoms with Crippen molar-refractivity contribution in [1.29, 1.82) is 5.26 Å². The molecule has 0 aliphatic carbocycles. The van der Waals surface area contributed by atoms with E-state index in [1.807, 2.05) is 6.07 Å². The van der Waals surface area contributed by atoms with Gasteiger partial charge in [0.1, 0.15) is 24.1 Å². The highest BCUT2D eigenvalue weighted by atomic mass is 35.5. The molecule has 0 saturated heterocycles. The fourth-order valence-electron chi connectivity index (χ4n) is 3.56. The number of ketones is 1. The van der Waals surface area contributed by atoms with Gasteiger partial charge in [0.25, 0.3) is 0 Å². The highest BCUT2D eigenvalue weighted by Gasteiger charge is 2.16. The Morgan fingerprint density at radius 3 is 2.85 bits per heavy atom. The molecule has 0 aliphatic rings. The maximum Gasteiger partial charge on any atom is 0.159 e. The van der Waals surface area contributed by atoms with Crippen molar-refractivity contribution in [2.24, 2.45) is 0 Å². The molecule has 9 heteroatoms. The number of pyridine rings is 2. The topological polar surface area (TPSA) is 100 Å². The molecule has 0 saturated carbocycles. The fourth-order valence-corrected chi connectivity index (χ4v) is 3.78. The van der Waals surface area contributed by atoms with Gasteiger partial charge in [-0.2, -0.15) is 5.26 Å². The summed E-state index contributed by atoms with van der Waals surface area (Å²) >= 11 is 6.46. The summed E-state index contributed by atoms with van der Waals surface area (Å²) in [6, 6.07) is 11.4. The Kier molecular flexibility index (Phi) is 5.86. The summed E-state index contributed by atoms with van der Waals surface area (Å²) in [5.41, 5.74) is 0.743. The van der Waals surface area contributed by atoms with E-state index < -0.39 is 50.9 Å². The molecule has 204 valence electrons. The standard InChI is InChI=1S/C31H30ClN5O3/c1-4-39-30-17-28-26(15-21(30)14-25(38)9-7-13-37(2)3)31(22(18-33)19-35-28)36-23-10-11-29(27(32)16-23)40-20-24-8-5-6-12-34-24/h5-12,15-17,19H,4,13-14,20H2,1-3H3,(H,35,36)/b9-7+/i2D3,4D2,7D,9D,13D2,20D2. The van der Waals surface area contributed by atoms with Crippen LogP contribution >= 0.6 is 11.6 Å². The van der Waals surface area contributed by atoms with E-state index in [9.17, 15) is 10.1 Å². The van der Waals surface area contributed by atoms with Gasteiger partial charge < -0.3 is 19.7 Å². The van der Waals surface area contributed by atoms with Crippen LogP contribution in [0.5, 0.6) is 11.5 Å². The van der Waals surface area contributed by atoms with Crippen LogP contribution < -0.4 is 14.8 Å². The monoisotopic (exact) mass is 566 g/mol. The quantitative estimate of drug-likeness (QED) is 0.205. The molecule has 0 bridgehead atoms. The molecule has 2 aromatic carbocycles. The number of likely N-dealkylation sites (N-methyl/N-ethyl adjacent to an activating group) is 1. The highest BCUT2D eigenvalue weighted by Crippen LogP contribution is 2.36. The first kappa shape index (κ1) is 17.3. The van der Waals surface area contributed by atoms with Crippen LogP contribution in [0.4, 0.5) is 11.4 Å². The van der Waals surface area contributed by atoms with E-state index in [2.05, 4.69) is 15.3 Å². The van der Waals surface area contributed by atoms with E-state index in [1.54, 1.807) is 12.1 Å². The summed E-state index contributed by atoms with van der Waals surface area (Å²) in [6.45, 7) is -9.47. The van der Waals surface area contributed by atoms with Gasteiger partial charge in [0, 0.05) is 54.9 Å². The molecule has 2 aromatic heterocycles. The van der Waals surface area contributed by atoms with Crippen molar-refractivity contribution in [3.8, 4) is 17.6 Å². The molecule has 4 rings (SSSR count). The zero-order chi connectivity index (χ0) is 38.1. The number of rotatable bonds is 12. The third-order valence-electron chi connectivity index (χ3n) is 5.29. The predicted molar refractivity (Wildman–Crippen MR) is 157 cm³/mol. The van der Waals surface area contributed by atoms with E-state index in [0.29, 0.717) is 5.69 Å². The molecule has 0 atom stereocenters. The molecule has 0 aliphatic heterocycles. The summed E-state index contributed by atoms with van der Waals surface area (Å²) < 4.78 is 98.5. The maximum atomic E-state index is 13.3. The number of nitriles is 1. The van der Waals surface area contributed by atoms with Gasteiger partial charge in [-0.3, -0.25) is 14.8 Å². The van der Waals surface area contributed by atoms with E-state index in [1.165, 1.54) is 48.8 Å². The molecule has 0 unspecified atom stereocenters. The second-order valence-electron chi connectivity index (χ2n) is 8.15. The number of carbonyl (C=O) groups excluding carboxylic acids is 1. The molecule has 0 fully saturated rings. The molecule has 1 N–H and O–H groups in total. The molecular formula is C31H30ClN5O3. The minimum Gasteiger partial charge on any atom is -0.494 e. The van der Waals surface area contributed by atoms with Crippen LogP contribution in [0.2, 0.25) is 5.02 Å². The number of benzene rings is 2. The van der Waals surface area contributed by atoms with Gasteiger partial charge in [-0.25, -0.2) is 0 Å². The largest absolute Gasteiger partial charge is 0.494 e. The zero-order valence-corrected chi connectivity index (χ0v) is 22.1. The number of halogens is 1. The lowest BCUT2D eigenvalue weighted by Gasteiger charge is -2.16. The van der Waals surface area contributed by atoms with E-state index >= 15 is 0 Å². The normalized spacial score (nSPS) is 17.0. The SMILES string of the molecule is [2H]/C(C(=O)Cc1cc2c(Nc3ccc(OC([2H])([2H])c4ccccn4)c(Cl)c3)c(C#N)cnc2cc1OC([2H])([2H])C)=C(/[2H])C([2H])([2H])N(C)C([2H])([2H])[2H]. The lowest BCUT2D eigenvalue weighted by atomic mass is 10.0. The van der Waals surface area contributed by atoms with Crippen LogP contribution in [0, 0.1) is 11.3 Å². The number of anilines is 2. The Morgan fingerprint density at radius 1 is 1.25 bits per heavy atom. The summed E-state index contributed by atoms with van der Waals surface area (Å²) in [5, 5.41) is 13.3. The predicted octanol–water partition coefficient (Wildman–Crippen LogP) is 6.11. The zero-order valence-electron chi connectivity index (χ0n) is 32.4. The Hall–Kier alpha value is -4.45. The average Bonchev–Trinajstić information content (AvgIpc) is 3.04. The van der Waals surface area contributed by atoms with Crippen molar-refractivity contribution < 1.29 is 29.3 Å². The molecular weight excluding hydrogens is 526 g/mol. The summed E-state index contributed by atoms with van der Waals surface area (Å²) in [4.78, 5) is 21.8. The smallest absolute Gasteiger partial charge is 0.159 e. The van der Waals surface area contributed by atoms with Crippen LogP contribution in [0.15, 0.2) is 73.0 Å². The fraction of sp³-hybridized carbons (Fsp3) is 0.226. The first-order valence-corrected chi connectivity index (χ1v) is 12.1. The maximum absolute atomic E-state index is 13.3. The average molecular weight is 567 g/mol. The highest BCUT2D eigenvalue weighted by molar-refractivity contribution is 6.32. The van der Waals surface area contributed by atoms with E-state index in [0.717, 1.165) is 14.0 Å². The molecule has 8 nitrogen and oxygen atoms in total. The molecule has 4 aromatic rings. The summed E-state index contributed by atoms with van der Waals surface area (Å²) in [7, 11) is 0.889. The van der Waals surface area contributed by atoms with Gasteiger partial charge in [0.2, 0.25) is 0 Å². The summed E-state index contributed by atoms with van der Waals surface area (Å²) in [5.74, 6) is -1.27. The Morgan fingerprint density at radius 2 is 2.12 bits per heavy atom. The number of hydrogen-bond acceptors (Lipinski definition) is 8. The minimum atomic E-state index is -3.02. The van der Waals surface area contributed by atoms with Crippen molar-refractivity contribution in [3.63, 3.8) is 0 Å². The number of nitrogens with zero attached hydrogens (tertiary/aromatic N) is 4. The van der Waals surface area contributed by atoms with Crippen molar-refractivity contribution in [3.05, 3.63) is 94.9 Å². The van der Waals surface area contributed by atoms with Crippen molar-refractivity contribution in [2.45, 2.75) is 19.9 Å². The van der Waals surface area contributed by atoms with E-state index in [-0.39, 0.29) is 54.8 Å². The molecule has 0 spiro atoms. The first-order valence-electron chi connectivity index (χ1n) is 17.2. The van der Waals surface area contributed by atoms with Gasteiger partial charge in [-0.1, -0.05) is 23.7 Å². The third-order valence-corrected chi connectivity index (χ3v) is 5.59. The lowest BCUT2D eigenvalue weighted by Crippen LogP contribution is -2.11. The van der Waals surface area contributed by atoms with Gasteiger partial charge >= 0.3 is 0 Å². The number of allylic oxidation sites excluding steroid dienone is 1. The van der Waals surface area contributed by atoms with Crippen molar-refractivity contribution >= 4 is 39.7 Å². The van der Waals surface area contributed by atoms with E-state index in [4.69, 9.17) is 36.2 Å². The molecule has 2 heterocycles. The van der Waals surface area contributed by atoms with Gasteiger partial charge in [0.15, 0.2) is 5.78 Å². The number of aromatic nitrogens is 2. The Bertz CT molecular complexity index is 2030. The summed E-state index contributed by atoms with van der Waals surface area (Å²) in [6.07, 6.45) is 1.96. The Balaban J connectivity index is 1.76. The van der Waals surface area contributed by atoms with Crippen LogP contribution in [0.25, 0.3) is 10.9 Å². The lowest BCUT2D eigenvalue weighted by molar-refractivity contribution is -0.114. The first-order chi connectivity index (χ1) is 23.5. The second-order valence-corrected chi connectivity index (χ2v) is 8.56. The minimum absolute atomic E-state index is 0.00292. The number of hydrogen-bond donors (Lipinski definition) is 1. The second kappa shape index (κ2) is 13.6. The van der Waals surface area contributed by atoms with Gasteiger partial charge in [0.05, 0.1) is 42.3 Å². The molecule has 40 heavy (non-hydrogen) atoms. The van der Waals surface area contributed by atoms with Crippen molar-refractivity contribution in [1.82, 2.24) is 14.9 Å². The van der Waals surface area contributed by atoms with Crippen LogP contribution in [0.1, 0.15) is 38.8 Å². The number of ether oxygens (including phenoxy) is 2. The number of fused-ring (bicyclic) bond motifs is 1.